The largest absolute Gasteiger partial charge is 0.394 e. The Labute approximate surface area is 100 Å². The van der Waals surface area contributed by atoms with Crippen LogP contribution >= 0.6 is 0 Å². The molecule has 0 spiro atoms. The number of carbonyl (C=O) groups is 1. The van der Waals surface area contributed by atoms with Crippen LogP contribution in [0, 0.1) is 0 Å². The minimum Gasteiger partial charge on any atom is -0.394 e. The summed E-state index contributed by atoms with van der Waals surface area (Å²) in [6.45, 7) is 12.6. The zero-order valence-electron chi connectivity index (χ0n) is 10.9. The number of carbonyl (C=O) groups excluding carboxylic acids is 1. The van der Waals surface area contributed by atoms with Crippen LogP contribution in [-0.2, 0) is 13.6 Å². The molecule has 0 saturated heterocycles. The highest BCUT2D eigenvalue weighted by molar-refractivity contribution is 6.72. The maximum Gasteiger partial charge on any atom is 0.348 e. The maximum absolute atomic E-state index is 11.7. The van der Waals surface area contributed by atoms with Gasteiger partial charge in [0, 0.05) is 13.2 Å². The Balaban J connectivity index is 4.96. The molecule has 0 aliphatic carbocycles. The first-order valence-corrected chi connectivity index (χ1v) is 8.12. The van der Waals surface area contributed by atoms with Crippen LogP contribution in [0.15, 0.2) is 12.7 Å². The van der Waals surface area contributed by atoms with Gasteiger partial charge < -0.3 is 8.85 Å². The lowest BCUT2D eigenvalue weighted by molar-refractivity contribution is -0.115. The van der Waals surface area contributed by atoms with Gasteiger partial charge in [0.25, 0.3) is 0 Å². The molecule has 0 aromatic rings. The van der Waals surface area contributed by atoms with Crippen LogP contribution in [0.2, 0.25) is 11.6 Å². The van der Waals surface area contributed by atoms with Gasteiger partial charge in [0.05, 0.1) is 5.54 Å². The zero-order valence-corrected chi connectivity index (χ0v) is 11.9. The van der Waals surface area contributed by atoms with Crippen LogP contribution in [0.3, 0.4) is 0 Å². The Morgan fingerprint density at radius 2 is 1.81 bits per heavy atom. The Bertz CT molecular complexity index is 211. The van der Waals surface area contributed by atoms with E-state index in [1.54, 1.807) is 0 Å². The van der Waals surface area contributed by atoms with E-state index in [-0.39, 0.29) is 11.3 Å². The van der Waals surface area contributed by atoms with Gasteiger partial charge in [-0.05, 0) is 26.0 Å². The Morgan fingerprint density at radius 1 is 1.31 bits per heavy atom. The number of rotatable bonds is 9. The molecule has 0 aliphatic rings. The molecule has 0 heterocycles. The van der Waals surface area contributed by atoms with E-state index in [1.165, 1.54) is 6.08 Å². The van der Waals surface area contributed by atoms with Gasteiger partial charge in [-0.25, -0.2) is 0 Å². The maximum atomic E-state index is 11.7. The highest BCUT2D eigenvalue weighted by Gasteiger charge is 2.45. The number of ketones is 1. The van der Waals surface area contributed by atoms with Crippen molar-refractivity contribution >= 4 is 14.3 Å². The van der Waals surface area contributed by atoms with Crippen LogP contribution in [0.5, 0.6) is 0 Å². The van der Waals surface area contributed by atoms with Crippen molar-refractivity contribution in [2.75, 3.05) is 13.2 Å². The van der Waals surface area contributed by atoms with Crippen molar-refractivity contribution in [2.45, 2.75) is 45.7 Å². The average molecular weight is 244 g/mol. The molecule has 0 radical (unpaired) electrons. The molecule has 4 heteroatoms. The van der Waals surface area contributed by atoms with E-state index in [0.717, 1.165) is 12.5 Å². The molecule has 0 bridgehead atoms. The van der Waals surface area contributed by atoms with Crippen molar-refractivity contribution in [1.82, 2.24) is 0 Å². The summed E-state index contributed by atoms with van der Waals surface area (Å²) >= 11 is 0. The average Bonchev–Trinajstić information content (AvgIpc) is 2.28. The fourth-order valence-corrected chi connectivity index (χ4v) is 5.41. The lowest BCUT2D eigenvalue weighted by Crippen LogP contribution is -2.48. The summed E-state index contributed by atoms with van der Waals surface area (Å²) in [6, 6.07) is 0.857. The first-order valence-electron chi connectivity index (χ1n) is 6.02. The third-order valence-electron chi connectivity index (χ3n) is 2.66. The molecule has 0 aromatic heterocycles. The fourth-order valence-electron chi connectivity index (χ4n) is 1.88. The van der Waals surface area contributed by atoms with Crippen molar-refractivity contribution in [3.63, 3.8) is 0 Å². The lowest BCUT2D eigenvalue weighted by Gasteiger charge is -2.33. The Morgan fingerprint density at radius 3 is 2.12 bits per heavy atom. The summed E-state index contributed by atoms with van der Waals surface area (Å²) in [6.07, 6.45) is 2.35. The molecule has 94 valence electrons. The highest BCUT2D eigenvalue weighted by atomic mass is 28.4. The summed E-state index contributed by atoms with van der Waals surface area (Å²) in [5, 5.41) is 0. The normalized spacial score (nSPS) is 13.5. The second-order valence-corrected chi connectivity index (χ2v) is 7.32. The van der Waals surface area contributed by atoms with Gasteiger partial charge in [-0.15, -0.1) is 0 Å². The van der Waals surface area contributed by atoms with E-state index in [4.69, 9.17) is 8.85 Å². The SMILES string of the molecule is C=CC(=O)C(C)[Si](CCC)(OCC)OCC. The van der Waals surface area contributed by atoms with Gasteiger partial charge in [0.1, 0.15) is 0 Å². The van der Waals surface area contributed by atoms with Crippen molar-refractivity contribution < 1.29 is 13.6 Å². The first-order chi connectivity index (χ1) is 7.57. The fraction of sp³-hybridized carbons (Fsp3) is 0.750. The van der Waals surface area contributed by atoms with E-state index in [1.807, 2.05) is 20.8 Å². The third kappa shape index (κ3) is 3.85. The molecule has 3 nitrogen and oxygen atoms in total. The zero-order chi connectivity index (χ0) is 12.6. The van der Waals surface area contributed by atoms with Gasteiger partial charge in [-0.3, -0.25) is 4.79 Å². The molecule has 0 rings (SSSR count). The van der Waals surface area contributed by atoms with Gasteiger partial charge in [0.15, 0.2) is 5.78 Å². The lowest BCUT2D eigenvalue weighted by atomic mass is 10.3. The summed E-state index contributed by atoms with van der Waals surface area (Å²) in [5.74, 6) is 0.0296. The molecule has 1 atom stereocenters. The van der Waals surface area contributed by atoms with Gasteiger partial charge >= 0.3 is 8.56 Å². The van der Waals surface area contributed by atoms with E-state index >= 15 is 0 Å². The summed E-state index contributed by atoms with van der Waals surface area (Å²) in [5.41, 5.74) is -0.176. The standard InChI is InChI=1S/C12H24O3Si/c1-6-10-16(14-8-3,15-9-4)11(5)12(13)7-2/h7,11H,2,6,8-10H2,1,3-5H3. The molecule has 0 amide bonds. The molecule has 1 unspecified atom stereocenters. The first kappa shape index (κ1) is 15.5. The smallest absolute Gasteiger partial charge is 0.348 e. The van der Waals surface area contributed by atoms with E-state index in [2.05, 4.69) is 13.5 Å². The van der Waals surface area contributed by atoms with Crippen LogP contribution in [0.1, 0.15) is 34.1 Å². The summed E-state index contributed by atoms with van der Waals surface area (Å²) in [4.78, 5) is 11.7. The molecule has 0 aliphatic heterocycles. The number of allylic oxidation sites excluding steroid dienone is 1. The molecule has 0 aromatic carbocycles. The monoisotopic (exact) mass is 244 g/mol. The van der Waals surface area contributed by atoms with Gasteiger partial charge in [-0.2, -0.15) is 0 Å². The van der Waals surface area contributed by atoms with Gasteiger partial charge in [0.2, 0.25) is 0 Å². The quantitative estimate of drug-likeness (QED) is 0.462. The topological polar surface area (TPSA) is 35.5 Å². The second-order valence-electron chi connectivity index (χ2n) is 3.76. The number of hydrogen-bond donors (Lipinski definition) is 0. The van der Waals surface area contributed by atoms with Crippen molar-refractivity contribution in [3.05, 3.63) is 12.7 Å². The Hall–Kier alpha value is -0.453. The molecular formula is C12H24O3Si. The highest BCUT2D eigenvalue weighted by Crippen LogP contribution is 2.30. The predicted octanol–water partition coefficient (Wildman–Crippen LogP) is 3.06. The van der Waals surface area contributed by atoms with Crippen LogP contribution in [-0.4, -0.2) is 27.6 Å². The van der Waals surface area contributed by atoms with Crippen molar-refractivity contribution in [3.8, 4) is 0 Å². The summed E-state index contributed by atoms with van der Waals surface area (Å²) < 4.78 is 11.7. The minimum atomic E-state index is -2.40. The molecule has 0 N–H and O–H groups in total. The molecule has 0 saturated carbocycles. The molecule has 0 fully saturated rings. The van der Waals surface area contributed by atoms with E-state index < -0.39 is 8.56 Å². The van der Waals surface area contributed by atoms with Crippen molar-refractivity contribution in [1.29, 1.82) is 0 Å². The predicted molar refractivity (Wildman–Crippen MR) is 68.7 cm³/mol. The van der Waals surface area contributed by atoms with Crippen LogP contribution < -0.4 is 0 Å². The van der Waals surface area contributed by atoms with E-state index in [9.17, 15) is 4.79 Å². The van der Waals surface area contributed by atoms with Crippen LogP contribution in [0.25, 0.3) is 0 Å². The van der Waals surface area contributed by atoms with E-state index in [0.29, 0.717) is 13.2 Å². The third-order valence-corrected chi connectivity index (χ3v) is 7.02. The number of hydrogen-bond acceptors (Lipinski definition) is 3. The Kier molecular flexibility index (Phi) is 7.54. The molecule has 16 heavy (non-hydrogen) atoms. The van der Waals surface area contributed by atoms with Crippen LogP contribution in [0.4, 0.5) is 0 Å². The van der Waals surface area contributed by atoms with Crippen molar-refractivity contribution in [2.24, 2.45) is 0 Å². The summed E-state index contributed by atoms with van der Waals surface area (Å²) in [7, 11) is -2.40. The molecular weight excluding hydrogens is 220 g/mol. The van der Waals surface area contributed by atoms with Gasteiger partial charge in [-0.1, -0.05) is 26.8 Å². The minimum absolute atomic E-state index is 0.0296. The second kappa shape index (κ2) is 7.76.